The average molecular weight is 467 g/mol. The van der Waals surface area contributed by atoms with Crippen LogP contribution in [0.25, 0.3) is 11.0 Å². The van der Waals surface area contributed by atoms with Crippen molar-refractivity contribution in [3.8, 4) is 17.2 Å². The van der Waals surface area contributed by atoms with Crippen LogP contribution in [0.15, 0.2) is 45.6 Å². The molecule has 2 heterocycles. The minimum Gasteiger partial charge on any atom is -0.507 e. The van der Waals surface area contributed by atoms with Crippen molar-refractivity contribution in [1.82, 2.24) is 9.80 Å². The van der Waals surface area contributed by atoms with Crippen LogP contribution >= 0.6 is 0 Å². The third-order valence-electron chi connectivity index (χ3n) is 6.14. The van der Waals surface area contributed by atoms with Crippen LogP contribution in [0.4, 0.5) is 0 Å². The molecule has 8 heteroatoms. The highest BCUT2D eigenvalue weighted by Gasteiger charge is 2.22. The number of ether oxygens (including phenoxy) is 2. The summed E-state index contributed by atoms with van der Waals surface area (Å²) in [4.78, 5) is 29.8. The number of aromatic hydroxyl groups is 1. The fraction of sp³-hybridized carbons (Fsp3) is 0.385. The fourth-order valence-electron chi connectivity index (χ4n) is 4.14. The van der Waals surface area contributed by atoms with E-state index in [4.69, 9.17) is 13.9 Å². The molecule has 0 aliphatic carbocycles. The summed E-state index contributed by atoms with van der Waals surface area (Å²) in [7, 11) is 0. The largest absolute Gasteiger partial charge is 0.507 e. The van der Waals surface area contributed by atoms with Crippen LogP contribution in [0, 0.1) is 6.92 Å². The zero-order valence-corrected chi connectivity index (χ0v) is 19.8. The fourth-order valence-corrected chi connectivity index (χ4v) is 4.14. The van der Waals surface area contributed by atoms with E-state index in [1.165, 1.54) is 6.07 Å². The van der Waals surface area contributed by atoms with Crippen LogP contribution in [0.3, 0.4) is 0 Å². The molecule has 0 saturated carbocycles. The summed E-state index contributed by atoms with van der Waals surface area (Å²) in [6, 6.07) is 9.47. The summed E-state index contributed by atoms with van der Waals surface area (Å²) in [6.07, 6.45) is 0. The Morgan fingerprint density at radius 2 is 1.71 bits per heavy atom. The lowest BCUT2D eigenvalue weighted by atomic mass is 10.1. The third kappa shape index (κ3) is 4.93. The predicted molar refractivity (Wildman–Crippen MR) is 129 cm³/mol. The summed E-state index contributed by atoms with van der Waals surface area (Å²) in [5.74, 6) is 0.477. The molecule has 1 aliphatic rings. The maximum absolute atomic E-state index is 13.3. The van der Waals surface area contributed by atoms with Gasteiger partial charge in [-0.05, 0) is 56.8 Å². The molecule has 2 aromatic carbocycles. The molecule has 1 aromatic heterocycles. The topological polar surface area (TPSA) is 92.5 Å². The lowest BCUT2D eigenvalue weighted by molar-refractivity contribution is 0.0526. The van der Waals surface area contributed by atoms with Crippen molar-refractivity contribution >= 4 is 16.9 Å². The Kier molecular flexibility index (Phi) is 7.19. The van der Waals surface area contributed by atoms with E-state index < -0.39 is 5.97 Å². The monoisotopic (exact) mass is 466 g/mol. The number of piperazine rings is 1. The van der Waals surface area contributed by atoms with Crippen LogP contribution < -0.4 is 10.2 Å². The van der Waals surface area contributed by atoms with Gasteiger partial charge in [0.1, 0.15) is 22.8 Å². The maximum atomic E-state index is 13.3. The van der Waals surface area contributed by atoms with Crippen molar-refractivity contribution in [2.45, 2.75) is 27.3 Å². The number of carbonyl (C=O) groups is 1. The van der Waals surface area contributed by atoms with E-state index in [9.17, 15) is 14.7 Å². The van der Waals surface area contributed by atoms with Gasteiger partial charge >= 0.3 is 5.97 Å². The highest BCUT2D eigenvalue weighted by atomic mass is 16.5. The molecule has 34 heavy (non-hydrogen) atoms. The summed E-state index contributed by atoms with van der Waals surface area (Å²) in [5.41, 5.74) is 1.07. The minimum atomic E-state index is -0.418. The van der Waals surface area contributed by atoms with Crippen molar-refractivity contribution in [1.29, 1.82) is 0 Å². The average Bonchev–Trinajstić information content (AvgIpc) is 2.84. The molecule has 4 rings (SSSR count). The van der Waals surface area contributed by atoms with E-state index in [2.05, 4.69) is 16.7 Å². The first-order chi connectivity index (χ1) is 16.4. The molecule has 0 radical (unpaired) electrons. The minimum absolute atomic E-state index is 0.0737. The number of phenolic OH excluding ortho intramolecular Hbond substituents is 1. The Balaban J connectivity index is 1.61. The Hall–Kier alpha value is -3.36. The molecule has 180 valence electrons. The molecule has 0 spiro atoms. The van der Waals surface area contributed by atoms with Crippen molar-refractivity contribution in [2.24, 2.45) is 0 Å². The van der Waals surface area contributed by atoms with Crippen molar-refractivity contribution < 1.29 is 23.8 Å². The number of nitrogens with zero attached hydrogens (tertiary/aromatic N) is 2. The summed E-state index contributed by atoms with van der Waals surface area (Å²) >= 11 is 0. The number of phenols is 1. The van der Waals surface area contributed by atoms with Crippen LogP contribution in [0.5, 0.6) is 17.2 Å². The van der Waals surface area contributed by atoms with E-state index >= 15 is 0 Å². The second-order valence-corrected chi connectivity index (χ2v) is 8.31. The Bertz CT molecular complexity index is 1230. The zero-order chi connectivity index (χ0) is 24.2. The number of carbonyl (C=O) groups excluding carboxylic acids is 1. The van der Waals surface area contributed by atoms with Gasteiger partial charge in [-0.15, -0.1) is 0 Å². The molecule has 8 nitrogen and oxygen atoms in total. The normalized spacial score (nSPS) is 14.9. The lowest BCUT2D eigenvalue weighted by Gasteiger charge is -2.34. The van der Waals surface area contributed by atoms with Crippen LogP contribution in [-0.2, 0) is 11.3 Å². The zero-order valence-electron chi connectivity index (χ0n) is 19.8. The molecule has 1 N–H and O–H groups in total. The summed E-state index contributed by atoms with van der Waals surface area (Å²) in [5, 5.41) is 10.9. The van der Waals surface area contributed by atoms with E-state index in [0.29, 0.717) is 46.8 Å². The maximum Gasteiger partial charge on any atom is 0.338 e. The summed E-state index contributed by atoms with van der Waals surface area (Å²) in [6.45, 7) is 11.1. The summed E-state index contributed by atoms with van der Waals surface area (Å²) < 4.78 is 16.9. The molecule has 0 atom stereocenters. The predicted octanol–water partition coefficient (Wildman–Crippen LogP) is 3.91. The first-order valence-corrected chi connectivity index (χ1v) is 11.6. The van der Waals surface area contributed by atoms with Gasteiger partial charge in [-0.2, -0.15) is 0 Å². The molecular formula is C26H30N2O6. The van der Waals surface area contributed by atoms with Gasteiger partial charge in [0.05, 0.1) is 23.1 Å². The molecule has 0 bridgehead atoms. The number of aryl methyl sites for hydroxylation is 1. The number of hydrogen-bond donors (Lipinski definition) is 1. The standard InChI is InChI=1S/C26H30N2O6/c1-4-27-12-14-28(15-13-27)16-21-22(29)11-10-20-23(30)24(17(3)33-25(20)21)34-19-8-6-18(7-9-19)26(31)32-5-2/h6-11,29H,4-5,12-16H2,1-3H3. The first kappa shape index (κ1) is 23.8. The van der Waals surface area contributed by atoms with Gasteiger partial charge in [0.15, 0.2) is 0 Å². The molecule has 1 fully saturated rings. The Labute approximate surface area is 198 Å². The number of likely N-dealkylation sites (N-methyl/N-ethyl adjacent to an activating group) is 1. The van der Waals surface area contributed by atoms with Crippen LogP contribution in [-0.4, -0.2) is 60.2 Å². The highest BCUT2D eigenvalue weighted by Crippen LogP contribution is 2.32. The van der Waals surface area contributed by atoms with Gasteiger partial charge in [-0.25, -0.2) is 4.79 Å². The van der Waals surface area contributed by atoms with Gasteiger partial charge in [0.25, 0.3) is 0 Å². The second kappa shape index (κ2) is 10.3. The molecule has 1 saturated heterocycles. The SMILES string of the molecule is CCOC(=O)c1ccc(Oc2c(C)oc3c(CN4CCN(CC)CC4)c(O)ccc3c2=O)cc1. The van der Waals surface area contributed by atoms with E-state index in [-0.39, 0.29) is 16.9 Å². The smallest absolute Gasteiger partial charge is 0.338 e. The highest BCUT2D eigenvalue weighted by molar-refractivity contribution is 5.89. The molecule has 1 aliphatic heterocycles. The second-order valence-electron chi connectivity index (χ2n) is 8.31. The third-order valence-corrected chi connectivity index (χ3v) is 6.14. The molecule has 0 unspecified atom stereocenters. The molecule has 3 aromatic rings. The number of rotatable bonds is 7. The number of esters is 1. The van der Waals surface area contributed by atoms with Gasteiger partial charge in [-0.1, -0.05) is 6.92 Å². The van der Waals surface area contributed by atoms with Gasteiger partial charge < -0.3 is 23.9 Å². The van der Waals surface area contributed by atoms with Gasteiger partial charge in [0.2, 0.25) is 11.2 Å². The quantitative estimate of drug-likeness (QED) is 0.524. The van der Waals surface area contributed by atoms with E-state index in [1.807, 2.05) is 0 Å². The van der Waals surface area contributed by atoms with Gasteiger partial charge in [0, 0.05) is 32.7 Å². The van der Waals surface area contributed by atoms with Crippen LogP contribution in [0.2, 0.25) is 0 Å². The lowest BCUT2D eigenvalue weighted by Crippen LogP contribution is -2.45. The van der Waals surface area contributed by atoms with Crippen molar-refractivity contribution in [2.75, 3.05) is 39.3 Å². The van der Waals surface area contributed by atoms with E-state index in [0.717, 1.165) is 32.7 Å². The molecular weight excluding hydrogens is 436 g/mol. The number of fused-ring (bicyclic) bond motifs is 1. The van der Waals surface area contributed by atoms with Crippen LogP contribution in [0.1, 0.15) is 35.5 Å². The van der Waals surface area contributed by atoms with Crippen molar-refractivity contribution in [3.63, 3.8) is 0 Å². The Morgan fingerprint density at radius 3 is 2.35 bits per heavy atom. The molecule has 0 amide bonds. The van der Waals surface area contributed by atoms with Crippen molar-refractivity contribution in [3.05, 3.63) is 63.5 Å². The number of benzene rings is 2. The first-order valence-electron chi connectivity index (χ1n) is 11.6. The Morgan fingerprint density at radius 1 is 1.03 bits per heavy atom. The number of hydrogen-bond acceptors (Lipinski definition) is 8. The van der Waals surface area contributed by atoms with Gasteiger partial charge in [-0.3, -0.25) is 9.69 Å². The van der Waals surface area contributed by atoms with E-state index in [1.54, 1.807) is 44.2 Å².